The van der Waals surface area contributed by atoms with Gasteiger partial charge in [0.25, 0.3) is 11.8 Å². The second kappa shape index (κ2) is 8.69. The van der Waals surface area contributed by atoms with Gasteiger partial charge in [0.05, 0.1) is 22.7 Å². The van der Waals surface area contributed by atoms with Gasteiger partial charge in [-0.25, -0.2) is 4.98 Å². The first-order chi connectivity index (χ1) is 14.6. The van der Waals surface area contributed by atoms with Crippen molar-refractivity contribution in [3.63, 3.8) is 0 Å². The van der Waals surface area contributed by atoms with Crippen molar-refractivity contribution in [2.75, 3.05) is 10.6 Å². The normalized spacial score (nSPS) is 10.2. The molecule has 0 spiro atoms. The molecule has 0 radical (unpaired) electrons. The first kappa shape index (κ1) is 19.5. The van der Waals surface area contributed by atoms with E-state index >= 15 is 0 Å². The number of nitrogens with zero attached hydrogens (tertiary/aromatic N) is 2. The molecule has 0 bridgehead atoms. The Morgan fingerprint density at radius 1 is 0.933 bits per heavy atom. The maximum absolute atomic E-state index is 12.6. The summed E-state index contributed by atoms with van der Waals surface area (Å²) < 4.78 is 0. The standard InChI is InChI=1S/C22H14N4O2S2/c23-12-14-4-1-6-16(10-14)25-20(27)15-5-2-7-17(11-15)26-21(28)19-13-24-22(30-19)18-8-3-9-29-18/h1-11,13H,(H,25,27)(H,26,28). The Morgan fingerprint density at radius 3 is 2.47 bits per heavy atom. The molecule has 0 aliphatic carbocycles. The molecule has 0 aliphatic heterocycles. The van der Waals surface area contributed by atoms with Crippen LogP contribution < -0.4 is 10.6 Å². The largest absolute Gasteiger partial charge is 0.322 e. The van der Waals surface area contributed by atoms with Gasteiger partial charge < -0.3 is 10.6 Å². The molecular formula is C22H14N4O2S2. The highest BCUT2D eigenvalue weighted by molar-refractivity contribution is 7.22. The number of carbonyl (C=O) groups is 2. The summed E-state index contributed by atoms with van der Waals surface area (Å²) in [4.78, 5) is 30.9. The molecule has 6 nitrogen and oxygen atoms in total. The van der Waals surface area contributed by atoms with Crippen molar-refractivity contribution in [2.45, 2.75) is 0 Å². The number of amides is 2. The van der Waals surface area contributed by atoms with E-state index in [2.05, 4.69) is 15.6 Å². The second-order valence-corrected chi connectivity index (χ2v) is 8.17. The molecule has 0 saturated carbocycles. The average molecular weight is 431 g/mol. The molecule has 0 aliphatic rings. The first-order valence-electron chi connectivity index (χ1n) is 8.85. The molecule has 2 aromatic heterocycles. The van der Waals surface area contributed by atoms with Crippen LogP contribution in [-0.4, -0.2) is 16.8 Å². The predicted molar refractivity (Wildman–Crippen MR) is 119 cm³/mol. The van der Waals surface area contributed by atoms with Crippen molar-refractivity contribution in [3.05, 3.63) is 88.2 Å². The Labute approximate surface area is 180 Å². The maximum Gasteiger partial charge on any atom is 0.267 e. The number of hydrogen-bond donors (Lipinski definition) is 2. The number of nitriles is 1. The van der Waals surface area contributed by atoms with Crippen molar-refractivity contribution >= 4 is 45.9 Å². The van der Waals surface area contributed by atoms with Crippen molar-refractivity contribution in [1.29, 1.82) is 5.26 Å². The maximum atomic E-state index is 12.6. The Hall–Kier alpha value is -3.80. The van der Waals surface area contributed by atoms with Gasteiger partial charge in [0.2, 0.25) is 0 Å². The number of carbonyl (C=O) groups excluding carboxylic acids is 2. The molecule has 0 atom stereocenters. The summed E-state index contributed by atoms with van der Waals surface area (Å²) >= 11 is 2.88. The van der Waals surface area contributed by atoms with Crippen LogP contribution in [0, 0.1) is 11.3 Å². The minimum atomic E-state index is -0.334. The van der Waals surface area contributed by atoms with Crippen LogP contribution in [0.25, 0.3) is 9.88 Å². The molecule has 0 fully saturated rings. The number of benzene rings is 2. The number of aromatic nitrogens is 1. The van der Waals surface area contributed by atoms with Crippen LogP contribution in [0.1, 0.15) is 25.6 Å². The lowest BCUT2D eigenvalue weighted by Crippen LogP contribution is -2.14. The molecule has 0 saturated heterocycles. The fraction of sp³-hybridized carbons (Fsp3) is 0. The summed E-state index contributed by atoms with van der Waals surface area (Å²) in [6.45, 7) is 0. The van der Waals surface area contributed by atoms with Crippen LogP contribution in [0.15, 0.2) is 72.2 Å². The van der Waals surface area contributed by atoms with Crippen molar-refractivity contribution in [1.82, 2.24) is 4.98 Å². The fourth-order valence-corrected chi connectivity index (χ4v) is 4.31. The minimum absolute atomic E-state index is 0.283. The van der Waals surface area contributed by atoms with Gasteiger partial charge in [0, 0.05) is 16.9 Å². The van der Waals surface area contributed by atoms with Crippen molar-refractivity contribution in [3.8, 4) is 16.0 Å². The van der Waals surface area contributed by atoms with Gasteiger partial charge in [-0.05, 0) is 47.8 Å². The molecule has 4 aromatic rings. The van der Waals surface area contributed by atoms with Gasteiger partial charge in [0.1, 0.15) is 9.88 Å². The van der Waals surface area contributed by atoms with E-state index in [1.807, 2.05) is 23.6 Å². The summed E-state index contributed by atoms with van der Waals surface area (Å²) in [6.07, 6.45) is 1.55. The lowest BCUT2D eigenvalue weighted by Gasteiger charge is -2.08. The quantitative estimate of drug-likeness (QED) is 0.452. The molecule has 146 valence electrons. The topological polar surface area (TPSA) is 94.9 Å². The summed E-state index contributed by atoms with van der Waals surface area (Å²) in [5.41, 5.74) is 1.88. The molecular weight excluding hydrogens is 416 g/mol. The van der Waals surface area contributed by atoms with Crippen LogP contribution in [-0.2, 0) is 0 Å². The number of anilines is 2. The average Bonchev–Trinajstić information content (AvgIpc) is 3.46. The van der Waals surface area contributed by atoms with Gasteiger partial charge in [-0.1, -0.05) is 18.2 Å². The zero-order valence-corrected chi connectivity index (χ0v) is 17.1. The van der Waals surface area contributed by atoms with Crippen LogP contribution in [0.4, 0.5) is 11.4 Å². The zero-order valence-electron chi connectivity index (χ0n) is 15.5. The van der Waals surface area contributed by atoms with E-state index in [0.29, 0.717) is 27.4 Å². The van der Waals surface area contributed by atoms with Gasteiger partial charge >= 0.3 is 0 Å². The number of thiazole rings is 1. The number of thiophene rings is 1. The first-order valence-corrected chi connectivity index (χ1v) is 10.5. The molecule has 4 rings (SSSR count). The Morgan fingerprint density at radius 2 is 1.70 bits per heavy atom. The molecule has 2 aromatic carbocycles. The fourth-order valence-electron chi connectivity index (χ4n) is 2.69. The van der Waals surface area contributed by atoms with E-state index in [4.69, 9.17) is 5.26 Å². The number of rotatable bonds is 5. The van der Waals surface area contributed by atoms with E-state index in [1.54, 1.807) is 66.1 Å². The lowest BCUT2D eigenvalue weighted by atomic mass is 10.1. The van der Waals surface area contributed by atoms with Gasteiger partial charge in [-0.3, -0.25) is 9.59 Å². The SMILES string of the molecule is N#Cc1cccc(NC(=O)c2cccc(NC(=O)c3cnc(-c4cccs4)s3)c2)c1. The number of hydrogen-bond acceptors (Lipinski definition) is 6. The third-order valence-corrected chi connectivity index (χ3v) is 6.13. The van der Waals surface area contributed by atoms with E-state index in [1.165, 1.54) is 11.3 Å². The second-order valence-electron chi connectivity index (χ2n) is 6.19. The van der Waals surface area contributed by atoms with Crippen LogP contribution in [0.2, 0.25) is 0 Å². The molecule has 0 unspecified atom stereocenters. The lowest BCUT2D eigenvalue weighted by molar-refractivity contribution is 0.101. The summed E-state index contributed by atoms with van der Waals surface area (Å²) in [5.74, 6) is -0.617. The molecule has 2 heterocycles. The van der Waals surface area contributed by atoms with E-state index in [9.17, 15) is 9.59 Å². The highest BCUT2D eigenvalue weighted by Gasteiger charge is 2.14. The van der Waals surface area contributed by atoms with Crippen LogP contribution in [0.3, 0.4) is 0 Å². The van der Waals surface area contributed by atoms with Crippen LogP contribution in [0.5, 0.6) is 0 Å². The highest BCUT2D eigenvalue weighted by atomic mass is 32.1. The summed E-state index contributed by atoms with van der Waals surface area (Å²) in [6, 6.07) is 19.3. The third kappa shape index (κ3) is 4.43. The van der Waals surface area contributed by atoms with Gasteiger partial charge in [-0.2, -0.15) is 5.26 Å². The molecule has 8 heteroatoms. The Balaban J connectivity index is 1.46. The predicted octanol–water partition coefficient (Wildman–Crippen LogP) is 5.25. The number of nitrogens with one attached hydrogen (secondary N) is 2. The van der Waals surface area contributed by atoms with E-state index in [-0.39, 0.29) is 11.8 Å². The zero-order chi connectivity index (χ0) is 20.9. The Bertz CT molecular complexity index is 1260. The minimum Gasteiger partial charge on any atom is -0.322 e. The van der Waals surface area contributed by atoms with Crippen LogP contribution >= 0.6 is 22.7 Å². The molecule has 2 amide bonds. The van der Waals surface area contributed by atoms with E-state index < -0.39 is 0 Å². The Kier molecular flexibility index (Phi) is 5.66. The van der Waals surface area contributed by atoms with Crippen molar-refractivity contribution < 1.29 is 9.59 Å². The molecule has 2 N–H and O–H groups in total. The molecule has 30 heavy (non-hydrogen) atoms. The summed E-state index contributed by atoms with van der Waals surface area (Å²) in [5, 5.41) is 17.3. The van der Waals surface area contributed by atoms with Crippen molar-refractivity contribution in [2.24, 2.45) is 0 Å². The third-order valence-electron chi connectivity index (χ3n) is 4.09. The smallest absolute Gasteiger partial charge is 0.267 e. The monoisotopic (exact) mass is 430 g/mol. The van der Waals surface area contributed by atoms with Gasteiger partial charge in [-0.15, -0.1) is 22.7 Å². The summed E-state index contributed by atoms with van der Waals surface area (Å²) in [7, 11) is 0. The highest BCUT2D eigenvalue weighted by Crippen LogP contribution is 2.29. The van der Waals surface area contributed by atoms with E-state index in [0.717, 1.165) is 9.88 Å². The van der Waals surface area contributed by atoms with Gasteiger partial charge in [0.15, 0.2) is 0 Å².